The fourth-order valence-corrected chi connectivity index (χ4v) is 3.64. The predicted octanol–water partition coefficient (Wildman–Crippen LogP) is 4.33. The highest BCUT2D eigenvalue weighted by molar-refractivity contribution is 6.08. The van der Waals surface area contributed by atoms with Crippen molar-refractivity contribution in [2.75, 3.05) is 13.1 Å². The number of carboxylic acids is 1. The first-order valence-corrected chi connectivity index (χ1v) is 10.6. The zero-order valence-electron chi connectivity index (χ0n) is 18.6. The Bertz CT molecular complexity index is 918. The number of aliphatic imine (C=N–C) groups is 1. The van der Waals surface area contributed by atoms with Crippen LogP contribution in [0.4, 0.5) is 0 Å². The minimum absolute atomic E-state index is 0.174. The van der Waals surface area contributed by atoms with E-state index >= 15 is 0 Å². The van der Waals surface area contributed by atoms with Crippen molar-refractivity contribution in [2.24, 2.45) is 12.0 Å². The van der Waals surface area contributed by atoms with Crippen molar-refractivity contribution in [3.63, 3.8) is 0 Å². The lowest BCUT2D eigenvalue weighted by Gasteiger charge is -2.33. The molecule has 2 aromatic rings. The largest absolute Gasteiger partial charge is 0.478 e. The van der Waals surface area contributed by atoms with Crippen LogP contribution in [-0.2, 0) is 18.4 Å². The summed E-state index contributed by atoms with van der Waals surface area (Å²) in [5.74, 6) is -0.358. The van der Waals surface area contributed by atoms with Crippen LogP contribution < -0.4 is 5.32 Å². The minimum atomic E-state index is -0.976. The number of carboxylic acid groups (broad SMARTS) is 1. The van der Waals surface area contributed by atoms with Crippen molar-refractivity contribution in [1.82, 2.24) is 14.8 Å². The number of likely N-dealkylation sites (tertiary alicyclic amines) is 1. The summed E-state index contributed by atoms with van der Waals surface area (Å²) in [7, 11) is 2.08. The van der Waals surface area contributed by atoms with Crippen LogP contribution in [0.3, 0.4) is 0 Å². The number of nitrogens with one attached hydrogen (secondary N) is 1. The van der Waals surface area contributed by atoms with Crippen molar-refractivity contribution in [3.05, 3.63) is 60.1 Å². The van der Waals surface area contributed by atoms with E-state index < -0.39 is 5.97 Å². The number of benzene rings is 1. The second-order valence-electron chi connectivity index (χ2n) is 7.15. The molecule has 6 heteroatoms. The molecule has 1 fully saturated rings. The molecule has 0 bridgehead atoms. The Morgan fingerprint density at radius 2 is 1.97 bits per heavy atom. The van der Waals surface area contributed by atoms with E-state index in [1.807, 2.05) is 13.8 Å². The van der Waals surface area contributed by atoms with Crippen molar-refractivity contribution < 1.29 is 9.90 Å². The summed E-state index contributed by atoms with van der Waals surface area (Å²) in [4.78, 5) is 17.4. The van der Waals surface area contributed by atoms with E-state index in [0.717, 1.165) is 32.5 Å². The van der Waals surface area contributed by atoms with Gasteiger partial charge in [-0.1, -0.05) is 44.7 Å². The number of fused-ring (bicyclic) bond motifs is 1. The van der Waals surface area contributed by atoms with Gasteiger partial charge in [0.2, 0.25) is 0 Å². The molecule has 0 spiro atoms. The maximum absolute atomic E-state index is 11.0. The van der Waals surface area contributed by atoms with Gasteiger partial charge in [0.15, 0.2) is 0 Å². The standard InChI is InChI=1S/C22H28N4O2.C2H6/c1-4-17(22(27)28)13-23-16(2)26-11-9-19(10-12-26)24-14-18-15-25(3)21-8-6-5-7-20(18)21;1-2/h4-8,13,15,19,24H,2,9-12,14H2,1,3H3,(H,27,28);1-2H3/b17-4+,23-13-;. The van der Waals surface area contributed by atoms with E-state index in [1.165, 1.54) is 28.8 Å². The first-order valence-electron chi connectivity index (χ1n) is 10.6. The minimum Gasteiger partial charge on any atom is -0.478 e. The molecule has 3 rings (SSSR count). The maximum Gasteiger partial charge on any atom is 0.336 e. The van der Waals surface area contributed by atoms with Crippen LogP contribution in [0.5, 0.6) is 0 Å². The third-order valence-electron chi connectivity index (χ3n) is 5.33. The van der Waals surface area contributed by atoms with E-state index in [-0.39, 0.29) is 5.57 Å². The number of piperidine rings is 1. The summed E-state index contributed by atoms with van der Waals surface area (Å²) in [5.41, 5.74) is 2.75. The van der Waals surface area contributed by atoms with Gasteiger partial charge in [-0.05, 0) is 31.4 Å². The van der Waals surface area contributed by atoms with Crippen LogP contribution in [0.25, 0.3) is 10.9 Å². The lowest BCUT2D eigenvalue weighted by atomic mass is 10.0. The van der Waals surface area contributed by atoms with Crippen molar-refractivity contribution >= 4 is 23.1 Å². The van der Waals surface area contributed by atoms with Gasteiger partial charge in [0.1, 0.15) is 5.82 Å². The molecule has 0 atom stereocenters. The van der Waals surface area contributed by atoms with Crippen molar-refractivity contribution in [2.45, 2.75) is 46.2 Å². The van der Waals surface area contributed by atoms with E-state index in [4.69, 9.17) is 5.11 Å². The Hall–Kier alpha value is -2.86. The lowest BCUT2D eigenvalue weighted by Crippen LogP contribution is -2.41. The van der Waals surface area contributed by atoms with Gasteiger partial charge in [0.25, 0.3) is 0 Å². The second kappa shape index (κ2) is 11.4. The van der Waals surface area contributed by atoms with E-state index in [1.54, 1.807) is 6.92 Å². The van der Waals surface area contributed by atoms with Gasteiger partial charge in [0, 0.05) is 56.0 Å². The van der Waals surface area contributed by atoms with Crippen LogP contribution in [0.15, 0.2) is 59.5 Å². The molecular formula is C24H34N4O2. The molecule has 0 aliphatic carbocycles. The molecule has 0 radical (unpaired) electrons. The molecule has 162 valence electrons. The Kier molecular flexibility index (Phi) is 8.87. The molecule has 0 amide bonds. The first-order chi connectivity index (χ1) is 14.5. The summed E-state index contributed by atoms with van der Waals surface area (Å²) in [5, 5.41) is 14.0. The topological polar surface area (TPSA) is 69.9 Å². The highest BCUT2D eigenvalue weighted by Gasteiger charge is 2.20. The quantitative estimate of drug-likeness (QED) is 0.526. The van der Waals surface area contributed by atoms with Gasteiger partial charge >= 0.3 is 5.97 Å². The van der Waals surface area contributed by atoms with E-state index in [0.29, 0.717) is 11.9 Å². The molecule has 0 saturated carbocycles. The molecular weight excluding hydrogens is 376 g/mol. The number of allylic oxidation sites excluding steroid dienone is 1. The smallest absolute Gasteiger partial charge is 0.336 e. The summed E-state index contributed by atoms with van der Waals surface area (Å²) in [6.45, 7) is 12.3. The lowest BCUT2D eigenvalue weighted by molar-refractivity contribution is -0.132. The summed E-state index contributed by atoms with van der Waals surface area (Å²) < 4.78 is 2.17. The highest BCUT2D eigenvalue weighted by atomic mass is 16.4. The first kappa shape index (κ1) is 23.4. The highest BCUT2D eigenvalue weighted by Crippen LogP contribution is 2.21. The van der Waals surface area contributed by atoms with Gasteiger partial charge in [-0.2, -0.15) is 0 Å². The summed E-state index contributed by atoms with van der Waals surface area (Å²) in [6.07, 6.45) is 7.12. The van der Waals surface area contributed by atoms with Gasteiger partial charge < -0.3 is 19.9 Å². The fourth-order valence-electron chi connectivity index (χ4n) is 3.64. The zero-order chi connectivity index (χ0) is 22.1. The molecule has 6 nitrogen and oxygen atoms in total. The van der Waals surface area contributed by atoms with Crippen molar-refractivity contribution in [3.8, 4) is 0 Å². The van der Waals surface area contributed by atoms with E-state index in [9.17, 15) is 4.79 Å². The number of carbonyl (C=O) groups is 1. The Morgan fingerprint density at radius 1 is 1.30 bits per heavy atom. The fraction of sp³-hybridized carbons (Fsp3) is 0.417. The third-order valence-corrected chi connectivity index (χ3v) is 5.33. The SMILES string of the molecule is C=C(/N=C\C(=C/C)C(=O)O)N1CCC(NCc2cn(C)c3ccccc23)CC1.CC. The number of nitrogens with zero attached hydrogens (tertiary/aromatic N) is 3. The molecule has 2 N–H and O–H groups in total. The molecule has 0 unspecified atom stereocenters. The normalized spacial score (nSPS) is 15.3. The van der Waals surface area contributed by atoms with E-state index in [2.05, 4.69) is 63.9 Å². The van der Waals surface area contributed by atoms with Gasteiger partial charge in [-0.3, -0.25) is 0 Å². The summed E-state index contributed by atoms with van der Waals surface area (Å²) >= 11 is 0. The molecule has 1 aliphatic rings. The van der Waals surface area contributed by atoms with Crippen LogP contribution in [0.2, 0.25) is 0 Å². The third kappa shape index (κ3) is 5.83. The average molecular weight is 411 g/mol. The van der Waals surface area contributed by atoms with Gasteiger partial charge in [-0.25, -0.2) is 9.79 Å². The van der Waals surface area contributed by atoms with Crippen LogP contribution in [0, 0.1) is 0 Å². The average Bonchev–Trinajstić information content (AvgIpc) is 3.10. The van der Waals surface area contributed by atoms with Crippen molar-refractivity contribution in [1.29, 1.82) is 0 Å². The number of aryl methyl sites for hydroxylation is 1. The number of para-hydroxylation sites is 1. The predicted molar refractivity (Wildman–Crippen MR) is 125 cm³/mol. The molecule has 1 aromatic carbocycles. The number of aliphatic carboxylic acids is 1. The Labute approximate surface area is 179 Å². The number of hydrogen-bond donors (Lipinski definition) is 2. The number of aromatic nitrogens is 1. The second-order valence-corrected chi connectivity index (χ2v) is 7.15. The number of rotatable bonds is 7. The molecule has 2 heterocycles. The van der Waals surface area contributed by atoms with Crippen LogP contribution in [-0.4, -0.2) is 45.9 Å². The molecule has 1 saturated heterocycles. The maximum atomic E-state index is 11.0. The summed E-state index contributed by atoms with van der Waals surface area (Å²) in [6, 6.07) is 8.93. The molecule has 1 aromatic heterocycles. The van der Waals surface area contributed by atoms with Gasteiger partial charge in [-0.15, -0.1) is 0 Å². The number of hydrogen-bond acceptors (Lipinski definition) is 4. The Balaban J connectivity index is 0.00000155. The monoisotopic (exact) mass is 410 g/mol. The molecule has 30 heavy (non-hydrogen) atoms. The molecule has 1 aliphatic heterocycles. The van der Waals surface area contributed by atoms with Gasteiger partial charge in [0.05, 0.1) is 5.57 Å². The zero-order valence-corrected chi connectivity index (χ0v) is 18.6. The van der Waals surface area contributed by atoms with Crippen LogP contribution >= 0.6 is 0 Å². The Morgan fingerprint density at radius 3 is 2.60 bits per heavy atom. The van der Waals surface area contributed by atoms with Crippen LogP contribution in [0.1, 0.15) is 39.2 Å².